The largest absolute Gasteiger partial charge is 0.296 e. The van der Waals surface area contributed by atoms with Crippen LogP contribution >= 0.6 is 11.8 Å². The van der Waals surface area contributed by atoms with Gasteiger partial charge in [0.25, 0.3) is 0 Å². The van der Waals surface area contributed by atoms with Crippen molar-refractivity contribution in [3.8, 4) is 0 Å². The fraction of sp³-hybridized carbons (Fsp3) is 0.417. The second kappa shape index (κ2) is 4.57. The first-order valence-corrected chi connectivity index (χ1v) is 6.39. The van der Waals surface area contributed by atoms with Crippen molar-refractivity contribution in [2.24, 2.45) is 5.92 Å². The zero-order valence-electron chi connectivity index (χ0n) is 9.49. The van der Waals surface area contributed by atoms with E-state index in [4.69, 9.17) is 0 Å². The Morgan fingerprint density at radius 1 is 1.38 bits per heavy atom. The monoisotopic (exact) mass is 236 g/mol. The van der Waals surface area contributed by atoms with Gasteiger partial charge in [0.2, 0.25) is 0 Å². The molecule has 1 aromatic carbocycles. The summed E-state index contributed by atoms with van der Waals surface area (Å²) < 4.78 is 0. The van der Waals surface area contributed by atoms with E-state index in [0.29, 0.717) is 0 Å². The topological polar surface area (TPSA) is 41.1 Å². The number of ketones is 1. The highest BCUT2D eigenvalue weighted by molar-refractivity contribution is 8.01. The molecule has 1 saturated heterocycles. The van der Waals surface area contributed by atoms with Crippen molar-refractivity contribution in [1.29, 1.82) is 0 Å². The summed E-state index contributed by atoms with van der Waals surface area (Å²) in [7, 11) is 0. The molecule has 1 aliphatic heterocycles. The number of rotatable bonds is 3. The van der Waals surface area contributed by atoms with Gasteiger partial charge in [0.15, 0.2) is 10.7 Å². The molecule has 3 nitrogen and oxygen atoms in total. The van der Waals surface area contributed by atoms with Crippen LogP contribution in [0.25, 0.3) is 0 Å². The molecule has 2 N–H and O–H groups in total. The molecule has 0 amide bonds. The number of Topliss-reactive ketones (excluding diaryl/α,β-unsaturated/α-hetero) is 1. The van der Waals surface area contributed by atoms with Gasteiger partial charge in [-0.25, -0.2) is 10.9 Å². The van der Waals surface area contributed by atoms with E-state index in [1.54, 1.807) is 11.8 Å². The zero-order valence-corrected chi connectivity index (χ0v) is 10.3. The van der Waals surface area contributed by atoms with Crippen LogP contribution in [0.2, 0.25) is 0 Å². The Balaban J connectivity index is 2.40. The minimum Gasteiger partial charge on any atom is -0.296 e. The van der Waals surface area contributed by atoms with E-state index in [-0.39, 0.29) is 11.7 Å². The molecule has 1 unspecified atom stereocenters. The van der Waals surface area contributed by atoms with Crippen molar-refractivity contribution in [2.45, 2.75) is 18.7 Å². The normalized spacial score (nSPS) is 24.9. The molecule has 2 rings (SSSR count). The highest BCUT2D eigenvalue weighted by Gasteiger charge is 2.44. The van der Waals surface area contributed by atoms with E-state index < -0.39 is 4.87 Å². The smallest absolute Gasteiger partial charge is 0.171 e. The van der Waals surface area contributed by atoms with E-state index in [1.807, 2.05) is 44.2 Å². The second-order valence-electron chi connectivity index (χ2n) is 4.16. The van der Waals surface area contributed by atoms with Gasteiger partial charge in [-0.05, 0) is 5.56 Å². The molecule has 0 aliphatic carbocycles. The van der Waals surface area contributed by atoms with Crippen molar-refractivity contribution in [3.05, 3.63) is 35.9 Å². The summed E-state index contributed by atoms with van der Waals surface area (Å²) in [5.41, 5.74) is 7.19. The first-order valence-electron chi connectivity index (χ1n) is 5.40. The average Bonchev–Trinajstić information content (AvgIpc) is 2.79. The summed E-state index contributed by atoms with van der Waals surface area (Å²) >= 11 is 1.61. The summed E-state index contributed by atoms with van der Waals surface area (Å²) in [6, 6.07) is 9.88. The molecule has 4 heteroatoms. The Morgan fingerprint density at radius 3 is 2.56 bits per heavy atom. The van der Waals surface area contributed by atoms with E-state index >= 15 is 0 Å². The molecule has 0 bridgehead atoms. The maximum atomic E-state index is 12.3. The molecule has 16 heavy (non-hydrogen) atoms. The van der Waals surface area contributed by atoms with Crippen LogP contribution in [-0.2, 0) is 9.67 Å². The SMILES string of the molecule is CC(C)C(=O)C1(c2ccccc2)NNCS1. The van der Waals surface area contributed by atoms with Crippen LogP contribution in [0.5, 0.6) is 0 Å². The van der Waals surface area contributed by atoms with Crippen LogP contribution < -0.4 is 10.9 Å². The number of carbonyl (C=O) groups is 1. The number of hydrazine groups is 1. The lowest BCUT2D eigenvalue weighted by atomic mass is 9.95. The minimum absolute atomic E-state index is 0.0140. The van der Waals surface area contributed by atoms with Crippen LogP contribution in [0.15, 0.2) is 30.3 Å². The van der Waals surface area contributed by atoms with Gasteiger partial charge in [-0.3, -0.25) is 4.79 Å². The Labute approximate surface area is 100.0 Å². The number of nitrogens with one attached hydrogen (secondary N) is 2. The summed E-state index contributed by atoms with van der Waals surface area (Å²) in [5, 5.41) is 0. The van der Waals surface area contributed by atoms with Gasteiger partial charge in [-0.2, -0.15) is 0 Å². The van der Waals surface area contributed by atoms with Crippen LogP contribution in [0.3, 0.4) is 0 Å². The van der Waals surface area contributed by atoms with E-state index in [0.717, 1.165) is 11.4 Å². The summed E-state index contributed by atoms with van der Waals surface area (Å²) in [6.45, 7) is 3.88. The Bertz CT molecular complexity index is 372. The van der Waals surface area contributed by atoms with Gasteiger partial charge in [0, 0.05) is 5.92 Å². The predicted octanol–water partition coefficient (Wildman–Crippen LogP) is 1.86. The van der Waals surface area contributed by atoms with Gasteiger partial charge in [0.1, 0.15) is 0 Å². The number of carbonyl (C=O) groups excluding carboxylic acids is 1. The minimum atomic E-state index is -0.616. The quantitative estimate of drug-likeness (QED) is 0.840. The van der Waals surface area contributed by atoms with Gasteiger partial charge in [-0.15, -0.1) is 11.8 Å². The highest BCUT2D eigenvalue weighted by atomic mass is 32.2. The molecule has 1 aliphatic rings. The van der Waals surface area contributed by atoms with Gasteiger partial charge in [0.05, 0.1) is 5.88 Å². The fourth-order valence-electron chi connectivity index (χ4n) is 1.85. The Kier molecular flexibility index (Phi) is 3.33. The van der Waals surface area contributed by atoms with E-state index in [2.05, 4.69) is 10.9 Å². The van der Waals surface area contributed by atoms with Crippen molar-refractivity contribution in [3.63, 3.8) is 0 Å². The summed E-state index contributed by atoms with van der Waals surface area (Å²) in [4.78, 5) is 11.7. The van der Waals surface area contributed by atoms with Crippen LogP contribution in [0.1, 0.15) is 19.4 Å². The lowest BCUT2D eigenvalue weighted by Gasteiger charge is -2.28. The Morgan fingerprint density at radius 2 is 2.06 bits per heavy atom. The fourth-order valence-corrected chi connectivity index (χ4v) is 3.04. The molecule has 86 valence electrons. The number of hydrogen-bond donors (Lipinski definition) is 2. The van der Waals surface area contributed by atoms with Gasteiger partial charge >= 0.3 is 0 Å². The van der Waals surface area contributed by atoms with Gasteiger partial charge < -0.3 is 0 Å². The van der Waals surface area contributed by atoms with Crippen molar-refractivity contribution in [2.75, 3.05) is 5.88 Å². The molecule has 0 saturated carbocycles. The summed E-state index contributed by atoms with van der Waals surface area (Å²) in [6.07, 6.45) is 0. The van der Waals surface area contributed by atoms with Crippen molar-refractivity contribution >= 4 is 17.5 Å². The maximum Gasteiger partial charge on any atom is 0.171 e. The van der Waals surface area contributed by atoms with E-state index in [9.17, 15) is 4.79 Å². The molecule has 1 aromatic rings. The van der Waals surface area contributed by atoms with Crippen LogP contribution in [-0.4, -0.2) is 11.7 Å². The van der Waals surface area contributed by atoms with Crippen LogP contribution in [0.4, 0.5) is 0 Å². The molecule has 1 fully saturated rings. The lowest BCUT2D eigenvalue weighted by molar-refractivity contribution is -0.125. The van der Waals surface area contributed by atoms with Crippen molar-refractivity contribution in [1.82, 2.24) is 10.9 Å². The molecule has 0 aromatic heterocycles. The lowest BCUT2D eigenvalue weighted by Crippen LogP contribution is -2.47. The molecular weight excluding hydrogens is 220 g/mol. The molecule has 0 radical (unpaired) electrons. The van der Waals surface area contributed by atoms with Gasteiger partial charge in [-0.1, -0.05) is 44.2 Å². The number of benzene rings is 1. The number of hydrogen-bond acceptors (Lipinski definition) is 4. The zero-order chi connectivity index (χ0) is 11.6. The molecular formula is C12H16N2OS. The standard InChI is InChI=1S/C12H16N2OS/c1-9(2)11(15)12(14-13-8-16-12)10-6-4-3-5-7-10/h3-7,9,13-14H,8H2,1-2H3. The predicted molar refractivity (Wildman–Crippen MR) is 66.7 cm³/mol. The van der Waals surface area contributed by atoms with E-state index in [1.165, 1.54) is 0 Å². The molecule has 1 heterocycles. The third-order valence-electron chi connectivity index (χ3n) is 2.68. The maximum absolute atomic E-state index is 12.3. The third-order valence-corrected chi connectivity index (χ3v) is 3.94. The highest BCUT2D eigenvalue weighted by Crippen LogP contribution is 2.38. The summed E-state index contributed by atoms with van der Waals surface area (Å²) in [5.74, 6) is 0.974. The third kappa shape index (κ3) is 1.88. The first kappa shape index (κ1) is 11.6. The molecule has 1 atom stereocenters. The molecule has 0 spiro atoms. The van der Waals surface area contributed by atoms with Crippen LogP contribution in [0, 0.1) is 5.92 Å². The Hall–Kier alpha value is -0.840. The average molecular weight is 236 g/mol. The number of thioether (sulfide) groups is 1. The van der Waals surface area contributed by atoms with Crippen molar-refractivity contribution < 1.29 is 4.79 Å². The first-order chi connectivity index (χ1) is 7.67. The second-order valence-corrected chi connectivity index (χ2v) is 5.35.